The van der Waals surface area contributed by atoms with Crippen LogP contribution in [0.2, 0.25) is 0 Å². The number of amides is 3. The minimum absolute atomic E-state index is 0.0992. The monoisotopic (exact) mass is 438 g/mol. The smallest absolute Gasteiger partial charge is 0.254 e. The number of carbonyl (C=O) groups is 3. The zero-order valence-electron chi connectivity index (χ0n) is 19.2. The van der Waals surface area contributed by atoms with E-state index in [0.29, 0.717) is 36.0 Å². The number of hydrogen-bond donors (Lipinski definition) is 3. The van der Waals surface area contributed by atoms with E-state index < -0.39 is 17.9 Å². The second-order valence-electron chi connectivity index (χ2n) is 7.85. The average Bonchev–Trinajstić information content (AvgIpc) is 2.84. The minimum Gasteiger partial charge on any atom is -0.455 e. The minimum atomic E-state index is -0.954. The summed E-state index contributed by atoms with van der Waals surface area (Å²) < 4.78 is 6.08. The summed E-state index contributed by atoms with van der Waals surface area (Å²) in [6.07, 6.45) is -0.0992. The molecule has 3 amide bonds. The van der Waals surface area contributed by atoms with Gasteiger partial charge in [0, 0.05) is 20.1 Å². The van der Waals surface area contributed by atoms with Crippen molar-refractivity contribution in [3.05, 3.63) is 47.0 Å². The fourth-order valence-electron chi connectivity index (χ4n) is 3.81. The second kappa shape index (κ2) is 9.72. The molecular formula is C24H30N4O4. The first-order valence-electron chi connectivity index (χ1n) is 10.8. The highest BCUT2D eigenvalue weighted by Gasteiger charge is 2.31. The summed E-state index contributed by atoms with van der Waals surface area (Å²) >= 11 is 0. The summed E-state index contributed by atoms with van der Waals surface area (Å²) in [6.45, 7) is 8.81. The number of aryl methyl sites for hydroxylation is 2. The fourth-order valence-corrected chi connectivity index (χ4v) is 3.81. The van der Waals surface area contributed by atoms with Crippen molar-refractivity contribution in [1.29, 1.82) is 0 Å². The molecule has 0 saturated carbocycles. The SMILES string of the molecule is CCN(CC)C(=O)C[C@@H]1NC(=O)c2cc(Oc3cc(C)cc(C)c3)c(NC)cc2NC1=O. The van der Waals surface area contributed by atoms with Gasteiger partial charge in [0.2, 0.25) is 11.8 Å². The Hall–Kier alpha value is -3.55. The maximum Gasteiger partial charge on any atom is 0.254 e. The van der Waals surface area contributed by atoms with E-state index in [0.717, 1.165) is 11.1 Å². The molecule has 3 N–H and O–H groups in total. The fraction of sp³-hybridized carbons (Fsp3) is 0.375. The van der Waals surface area contributed by atoms with E-state index in [9.17, 15) is 14.4 Å². The molecule has 0 bridgehead atoms. The normalized spacial score (nSPS) is 15.2. The number of ether oxygens (including phenoxy) is 1. The molecule has 32 heavy (non-hydrogen) atoms. The van der Waals surface area contributed by atoms with E-state index in [1.54, 1.807) is 24.1 Å². The zero-order chi connectivity index (χ0) is 23.4. The molecule has 0 aromatic heterocycles. The molecule has 1 aliphatic heterocycles. The van der Waals surface area contributed by atoms with E-state index in [-0.39, 0.29) is 17.9 Å². The van der Waals surface area contributed by atoms with Crippen LogP contribution < -0.4 is 20.7 Å². The van der Waals surface area contributed by atoms with Gasteiger partial charge in [0.1, 0.15) is 11.8 Å². The largest absolute Gasteiger partial charge is 0.455 e. The van der Waals surface area contributed by atoms with E-state index >= 15 is 0 Å². The van der Waals surface area contributed by atoms with Gasteiger partial charge in [-0.2, -0.15) is 0 Å². The van der Waals surface area contributed by atoms with Gasteiger partial charge in [0.15, 0.2) is 5.75 Å². The number of anilines is 2. The van der Waals surface area contributed by atoms with Gasteiger partial charge in [0.05, 0.1) is 23.4 Å². The molecule has 3 rings (SSSR count). The van der Waals surface area contributed by atoms with E-state index in [2.05, 4.69) is 16.0 Å². The Bertz CT molecular complexity index is 1030. The van der Waals surface area contributed by atoms with Crippen LogP contribution in [0.4, 0.5) is 11.4 Å². The Kier molecular flexibility index (Phi) is 7.02. The highest BCUT2D eigenvalue weighted by Crippen LogP contribution is 2.36. The summed E-state index contributed by atoms with van der Waals surface area (Å²) in [6, 6.07) is 8.18. The highest BCUT2D eigenvalue weighted by atomic mass is 16.5. The van der Waals surface area contributed by atoms with Gasteiger partial charge < -0.3 is 25.6 Å². The van der Waals surface area contributed by atoms with Crippen molar-refractivity contribution in [2.45, 2.75) is 40.2 Å². The maximum atomic E-state index is 13.0. The van der Waals surface area contributed by atoms with Gasteiger partial charge in [-0.05, 0) is 63.1 Å². The molecule has 0 fully saturated rings. The summed E-state index contributed by atoms with van der Waals surface area (Å²) in [4.78, 5) is 39.8. The summed E-state index contributed by atoms with van der Waals surface area (Å²) in [7, 11) is 1.74. The number of nitrogens with zero attached hydrogens (tertiary/aromatic N) is 1. The molecule has 2 aromatic rings. The molecule has 0 spiro atoms. The van der Waals surface area contributed by atoms with Crippen LogP contribution in [-0.2, 0) is 9.59 Å². The van der Waals surface area contributed by atoms with Crippen molar-refractivity contribution in [1.82, 2.24) is 10.2 Å². The number of benzene rings is 2. The average molecular weight is 439 g/mol. The van der Waals surface area contributed by atoms with Crippen molar-refractivity contribution in [2.24, 2.45) is 0 Å². The van der Waals surface area contributed by atoms with Crippen LogP contribution in [0.15, 0.2) is 30.3 Å². The molecule has 1 atom stereocenters. The van der Waals surface area contributed by atoms with Crippen molar-refractivity contribution < 1.29 is 19.1 Å². The van der Waals surface area contributed by atoms with Crippen LogP contribution in [-0.4, -0.2) is 48.8 Å². The van der Waals surface area contributed by atoms with Gasteiger partial charge in [-0.15, -0.1) is 0 Å². The molecule has 1 heterocycles. The third kappa shape index (κ3) is 5.01. The third-order valence-electron chi connectivity index (χ3n) is 5.43. The van der Waals surface area contributed by atoms with Crippen LogP contribution in [0.1, 0.15) is 41.8 Å². The zero-order valence-corrected chi connectivity index (χ0v) is 19.2. The Balaban J connectivity index is 1.90. The quantitative estimate of drug-likeness (QED) is 0.615. The Morgan fingerprint density at radius 1 is 1.06 bits per heavy atom. The Morgan fingerprint density at radius 3 is 2.31 bits per heavy atom. The van der Waals surface area contributed by atoms with Gasteiger partial charge in [-0.25, -0.2) is 0 Å². The molecule has 8 nitrogen and oxygen atoms in total. The number of fused-ring (bicyclic) bond motifs is 1. The summed E-state index contributed by atoms with van der Waals surface area (Å²) in [5.41, 5.74) is 3.38. The van der Waals surface area contributed by atoms with E-state index in [4.69, 9.17) is 4.74 Å². The molecule has 0 unspecified atom stereocenters. The van der Waals surface area contributed by atoms with E-state index in [1.807, 2.05) is 45.9 Å². The number of rotatable bonds is 7. The maximum absolute atomic E-state index is 13.0. The lowest BCUT2D eigenvalue weighted by Gasteiger charge is -2.21. The van der Waals surface area contributed by atoms with Gasteiger partial charge in [0.25, 0.3) is 5.91 Å². The van der Waals surface area contributed by atoms with Crippen LogP contribution >= 0.6 is 0 Å². The van der Waals surface area contributed by atoms with Crippen LogP contribution in [0.3, 0.4) is 0 Å². The molecule has 8 heteroatoms. The van der Waals surface area contributed by atoms with Crippen LogP contribution in [0.5, 0.6) is 11.5 Å². The molecule has 0 radical (unpaired) electrons. The van der Waals surface area contributed by atoms with Crippen molar-refractivity contribution in [3.8, 4) is 11.5 Å². The van der Waals surface area contributed by atoms with Crippen molar-refractivity contribution in [3.63, 3.8) is 0 Å². The standard InChI is InChI=1S/C24H30N4O4/c1-6-28(7-2)22(29)13-20-24(31)26-18-12-19(25-5)21(11-17(18)23(30)27-20)32-16-9-14(3)8-15(4)10-16/h8-12,20,25H,6-7,13H2,1-5H3,(H,26,31)(H,27,30)/t20-/m0/s1. The predicted molar refractivity (Wildman–Crippen MR) is 124 cm³/mol. The second-order valence-corrected chi connectivity index (χ2v) is 7.85. The van der Waals surface area contributed by atoms with Crippen LogP contribution in [0.25, 0.3) is 0 Å². The Morgan fingerprint density at radius 2 is 1.72 bits per heavy atom. The molecule has 2 aromatic carbocycles. The first-order valence-corrected chi connectivity index (χ1v) is 10.8. The van der Waals surface area contributed by atoms with Gasteiger partial charge >= 0.3 is 0 Å². The molecule has 1 aliphatic rings. The molecule has 170 valence electrons. The Labute approximate surface area is 188 Å². The van der Waals surface area contributed by atoms with Gasteiger partial charge in [-0.3, -0.25) is 14.4 Å². The lowest BCUT2D eigenvalue weighted by atomic mass is 10.1. The van der Waals surface area contributed by atoms with Crippen molar-refractivity contribution >= 4 is 29.1 Å². The lowest BCUT2D eigenvalue weighted by Crippen LogP contribution is -2.45. The first-order chi connectivity index (χ1) is 15.2. The van der Waals surface area contributed by atoms with Crippen molar-refractivity contribution in [2.75, 3.05) is 30.8 Å². The predicted octanol–water partition coefficient (Wildman–Crippen LogP) is 3.45. The first kappa shape index (κ1) is 23.1. The summed E-state index contributed by atoms with van der Waals surface area (Å²) in [5.74, 6) is 0.0560. The lowest BCUT2D eigenvalue weighted by molar-refractivity contribution is -0.133. The number of hydrogen-bond acceptors (Lipinski definition) is 5. The molecule has 0 aliphatic carbocycles. The number of nitrogens with one attached hydrogen (secondary N) is 3. The summed E-state index contributed by atoms with van der Waals surface area (Å²) in [5, 5.41) is 8.52. The number of carbonyl (C=O) groups excluding carboxylic acids is 3. The van der Waals surface area contributed by atoms with Gasteiger partial charge in [-0.1, -0.05) is 6.07 Å². The van der Waals surface area contributed by atoms with E-state index in [1.165, 1.54) is 0 Å². The van der Waals surface area contributed by atoms with Crippen LogP contribution in [0, 0.1) is 13.8 Å². The topological polar surface area (TPSA) is 99.8 Å². The highest BCUT2D eigenvalue weighted by molar-refractivity contribution is 6.11. The molecular weight excluding hydrogens is 408 g/mol. The third-order valence-corrected chi connectivity index (χ3v) is 5.43. The molecule has 0 saturated heterocycles.